The Morgan fingerprint density at radius 2 is 1.72 bits per heavy atom. The van der Waals surface area contributed by atoms with Crippen molar-refractivity contribution in [1.29, 1.82) is 0 Å². The van der Waals surface area contributed by atoms with Crippen LogP contribution in [0, 0.1) is 13.8 Å². The Morgan fingerprint density at radius 3 is 2.41 bits per heavy atom. The molecule has 0 radical (unpaired) electrons. The number of aromatic nitrogens is 1. The van der Waals surface area contributed by atoms with Gasteiger partial charge in [0.25, 0.3) is 5.91 Å². The van der Waals surface area contributed by atoms with Crippen molar-refractivity contribution in [3.63, 3.8) is 0 Å². The summed E-state index contributed by atoms with van der Waals surface area (Å²) in [5, 5.41) is 6.35. The van der Waals surface area contributed by atoms with Gasteiger partial charge in [-0.05, 0) is 65.2 Å². The maximum absolute atomic E-state index is 12.7. The zero-order valence-corrected chi connectivity index (χ0v) is 18.4. The number of para-hydroxylation sites is 1. The van der Waals surface area contributed by atoms with Crippen molar-refractivity contribution >= 4 is 45.2 Å². The third kappa shape index (κ3) is 5.68. The minimum atomic E-state index is -0.304. The van der Waals surface area contributed by atoms with Crippen LogP contribution in [-0.4, -0.2) is 23.3 Å². The molecule has 148 valence electrons. The van der Waals surface area contributed by atoms with E-state index >= 15 is 0 Å². The lowest BCUT2D eigenvalue weighted by Gasteiger charge is -2.13. The zero-order valence-electron chi connectivity index (χ0n) is 16.0. The predicted octanol–water partition coefficient (Wildman–Crippen LogP) is 4.98. The fourth-order valence-corrected chi connectivity index (χ4v) is 3.85. The lowest BCUT2D eigenvalue weighted by molar-refractivity contribution is -0.115. The smallest absolute Gasteiger partial charge is 0.252 e. The predicted molar refractivity (Wildman–Crippen MR) is 119 cm³/mol. The first kappa shape index (κ1) is 21.1. The third-order valence-corrected chi connectivity index (χ3v) is 5.70. The Balaban J connectivity index is 1.65. The summed E-state index contributed by atoms with van der Waals surface area (Å²) in [6, 6.07) is 16.8. The van der Waals surface area contributed by atoms with Gasteiger partial charge in [0, 0.05) is 21.3 Å². The molecule has 5 nitrogen and oxygen atoms in total. The molecule has 7 heteroatoms. The number of halogens is 1. The fraction of sp³-hybridized carbons (Fsp3) is 0.136. The van der Waals surface area contributed by atoms with Gasteiger partial charge in [0.15, 0.2) is 0 Å². The highest BCUT2D eigenvalue weighted by molar-refractivity contribution is 9.10. The van der Waals surface area contributed by atoms with Crippen LogP contribution in [-0.2, 0) is 4.79 Å². The molecule has 0 aliphatic rings. The molecule has 0 aliphatic carbocycles. The maximum atomic E-state index is 12.7. The van der Waals surface area contributed by atoms with Gasteiger partial charge in [0.2, 0.25) is 5.91 Å². The Morgan fingerprint density at radius 1 is 1.00 bits per heavy atom. The number of amides is 2. The Labute approximate surface area is 182 Å². The van der Waals surface area contributed by atoms with Crippen LogP contribution in [0.25, 0.3) is 0 Å². The molecule has 0 aliphatic heterocycles. The first-order valence-electron chi connectivity index (χ1n) is 8.97. The van der Waals surface area contributed by atoms with E-state index in [1.807, 2.05) is 56.3 Å². The van der Waals surface area contributed by atoms with Gasteiger partial charge in [-0.2, -0.15) is 0 Å². The fourth-order valence-electron chi connectivity index (χ4n) is 2.73. The second-order valence-electron chi connectivity index (χ2n) is 6.41. The van der Waals surface area contributed by atoms with Gasteiger partial charge in [-0.15, -0.1) is 0 Å². The van der Waals surface area contributed by atoms with Crippen LogP contribution in [0.4, 0.5) is 5.69 Å². The normalized spacial score (nSPS) is 10.4. The zero-order chi connectivity index (χ0) is 20.8. The first-order valence-corrected chi connectivity index (χ1v) is 10.6. The van der Waals surface area contributed by atoms with E-state index in [0.717, 1.165) is 31.2 Å². The molecule has 0 atom stereocenters. The lowest BCUT2D eigenvalue weighted by Crippen LogP contribution is -2.33. The molecule has 2 N–H and O–H groups in total. The number of carbonyl (C=O) groups is 2. The summed E-state index contributed by atoms with van der Waals surface area (Å²) < 4.78 is 0.891. The van der Waals surface area contributed by atoms with E-state index in [2.05, 4.69) is 31.5 Å². The summed E-state index contributed by atoms with van der Waals surface area (Å²) in [6.07, 6.45) is 1.71. The second kappa shape index (κ2) is 9.71. The summed E-state index contributed by atoms with van der Waals surface area (Å²) in [5.74, 6) is -0.572. The van der Waals surface area contributed by atoms with Crippen LogP contribution in [0.2, 0.25) is 0 Å². The minimum absolute atomic E-state index is 0.109. The summed E-state index contributed by atoms with van der Waals surface area (Å²) in [4.78, 5) is 30.1. The largest absolute Gasteiger partial charge is 0.343 e. The number of benzene rings is 2. The van der Waals surface area contributed by atoms with Gasteiger partial charge in [0.05, 0.1) is 12.1 Å². The average Bonchev–Trinajstić information content (AvgIpc) is 2.71. The number of hydrogen-bond donors (Lipinski definition) is 2. The van der Waals surface area contributed by atoms with Crippen molar-refractivity contribution < 1.29 is 9.59 Å². The van der Waals surface area contributed by atoms with E-state index in [-0.39, 0.29) is 18.4 Å². The molecular weight excluding hydrogens is 450 g/mol. The molecule has 0 spiro atoms. The number of nitrogens with zero attached hydrogens (tertiary/aromatic N) is 1. The monoisotopic (exact) mass is 469 g/mol. The van der Waals surface area contributed by atoms with Crippen LogP contribution in [0.1, 0.15) is 21.5 Å². The molecule has 0 saturated heterocycles. The molecular formula is C22H20BrN3O2S. The number of anilines is 1. The summed E-state index contributed by atoms with van der Waals surface area (Å²) in [5.41, 5.74) is 3.24. The van der Waals surface area contributed by atoms with Crippen molar-refractivity contribution in [3.05, 3.63) is 82.0 Å². The van der Waals surface area contributed by atoms with Gasteiger partial charge in [0.1, 0.15) is 5.03 Å². The molecule has 3 aromatic rings. The number of hydrogen-bond acceptors (Lipinski definition) is 4. The van der Waals surface area contributed by atoms with Crippen molar-refractivity contribution in [2.45, 2.75) is 23.8 Å². The summed E-state index contributed by atoms with van der Waals surface area (Å²) in [7, 11) is 0. The topological polar surface area (TPSA) is 71.1 Å². The van der Waals surface area contributed by atoms with Crippen LogP contribution < -0.4 is 10.6 Å². The Bertz CT molecular complexity index is 1020. The molecule has 0 saturated carbocycles. The van der Waals surface area contributed by atoms with Crippen LogP contribution in [0.3, 0.4) is 0 Å². The van der Waals surface area contributed by atoms with Crippen molar-refractivity contribution in [1.82, 2.24) is 10.3 Å². The Hall–Kier alpha value is -2.64. The van der Waals surface area contributed by atoms with Crippen molar-refractivity contribution in [2.75, 3.05) is 11.9 Å². The van der Waals surface area contributed by atoms with E-state index in [1.54, 1.807) is 18.3 Å². The van der Waals surface area contributed by atoms with Gasteiger partial charge in [-0.25, -0.2) is 4.98 Å². The molecule has 29 heavy (non-hydrogen) atoms. The summed E-state index contributed by atoms with van der Waals surface area (Å²) in [6.45, 7) is 3.76. The standard InChI is InChI=1S/C22H20BrN3O2S/c1-14-6-5-7-15(2)21(14)26-19(27)13-25-22(28)17-8-3-4-9-18(17)29-20-11-10-16(23)12-24-20/h3-12H,13H2,1-2H3,(H,25,28)(H,26,27). The van der Waals surface area contributed by atoms with Gasteiger partial charge < -0.3 is 10.6 Å². The highest BCUT2D eigenvalue weighted by Gasteiger charge is 2.14. The molecule has 3 rings (SSSR count). The SMILES string of the molecule is Cc1cccc(C)c1NC(=O)CNC(=O)c1ccccc1Sc1ccc(Br)cn1. The van der Waals surface area contributed by atoms with E-state index in [4.69, 9.17) is 0 Å². The van der Waals surface area contributed by atoms with Crippen LogP contribution in [0.15, 0.2) is 75.2 Å². The molecule has 1 aromatic heterocycles. The molecule has 0 fully saturated rings. The number of pyridine rings is 1. The highest BCUT2D eigenvalue weighted by atomic mass is 79.9. The van der Waals surface area contributed by atoms with E-state index in [1.165, 1.54) is 11.8 Å². The van der Waals surface area contributed by atoms with Crippen LogP contribution >= 0.6 is 27.7 Å². The average molecular weight is 470 g/mol. The second-order valence-corrected chi connectivity index (χ2v) is 8.39. The molecule has 1 heterocycles. The molecule has 0 unspecified atom stereocenters. The Kier molecular flexibility index (Phi) is 7.06. The maximum Gasteiger partial charge on any atom is 0.252 e. The van der Waals surface area contributed by atoms with Crippen molar-refractivity contribution in [2.24, 2.45) is 0 Å². The lowest BCUT2D eigenvalue weighted by atomic mass is 10.1. The number of carbonyl (C=O) groups excluding carboxylic acids is 2. The molecule has 2 amide bonds. The third-order valence-electron chi connectivity index (χ3n) is 4.20. The quantitative estimate of drug-likeness (QED) is 0.533. The van der Waals surface area contributed by atoms with E-state index < -0.39 is 0 Å². The van der Waals surface area contributed by atoms with Crippen molar-refractivity contribution in [3.8, 4) is 0 Å². The molecule has 0 bridgehead atoms. The van der Waals surface area contributed by atoms with Crippen LogP contribution in [0.5, 0.6) is 0 Å². The van der Waals surface area contributed by atoms with Gasteiger partial charge in [-0.1, -0.05) is 42.1 Å². The first-order chi connectivity index (χ1) is 13.9. The summed E-state index contributed by atoms with van der Waals surface area (Å²) >= 11 is 4.76. The van der Waals surface area contributed by atoms with Gasteiger partial charge in [-0.3, -0.25) is 9.59 Å². The minimum Gasteiger partial charge on any atom is -0.343 e. The number of rotatable bonds is 6. The van der Waals surface area contributed by atoms with E-state index in [0.29, 0.717) is 5.56 Å². The molecule has 2 aromatic carbocycles. The number of nitrogens with one attached hydrogen (secondary N) is 2. The highest BCUT2D eigenvalue weighted by Crippen LogP contribution is 2.29. The van der Waals surface area contributed by atoms with Gasteiger partial charge >= 0.3 is 0 Å². The number of aryl methyl sites for hydroxylation is 2. The van der Waals surface area contributed by atoms with E-state index in [9.17, 15) is 9.59 Å².